The van der Waals surface area contributed by atoms with E-state index < -0.39 is 6.61 Å². The van der Waals surface area contributed by atoms with E-state index in [0.717, 1.165) is 16.8 Å². The van der Waals surface area contributed by atoms with Crippen LogP contribution in [0.4, 0.5) is 8.78 Å². The molecule has 0 fully saturated rings. The molecule has 0 radical (unpaired) electrons. The van der Waals surface area contributed by atoms with Crippen LogP contribution in [0.3, 0.4) is 0 Å². The fraction of sp³-hybridized carbons (Fsp3) is 0.250. The Bertz CT molecular complexity index is 948. The number of halogens is 3. The second-order valence-corrected chi connectivity index (χ2v) is 6.28. The van der Waals surface area contributed by atoms with Gasteiger partial charge in [-0.05, 0) is 30.7 Å². The quantitative estimate of drug-likeness (QED) is 0.278. The number of hydrogen-bond acceptors (Lipinski definition) is 4. The number of aromatic nitrogens is 3. The molecule has 2 aromatic carbocycles. The van der Waals surface area contributed by atoms with E-state index in [9.17, 15) is 8.78 Å². The molecule has 0 saturated carbocycles. The first-order valence-corrected chi connectivity index (χ1v) is 8.98. The molecule has 2 N–H and O–H groups in total. The van der Waals surface area contributed by atoms with Crippen LogP contribution in [0.5, 0.6) is 5.75 Å². The third kappa shape index (κ3) is 6.65. The Morgan fingerprint density at radius 3 is 2.50 bits per heavy atom. The van der Waals surface area contributed by atoms with Crippen LogP contribution in [0.2, 0.25) is 0 Å². The monoisotopic (exact) mass is 528 g/mol. The van der Waals surface area contributed by atoms with Crippen LogP contribution >= 0.6 is 24.0 Å². The molecule has 3 aromatic rings. The Labute approximate surface area is 190 Å². The molecule has 0 spiro atoms. The number of aliphatic imine (C=N–C) groups is 1. The second kappa shape index (κ2) is 11.4. The summed E-state index contributed by atoms with van der Waals surface area (Å²) in [5.74, 6) is 0.701. The molecule has 1 aromatic heterocycles. The summed E-state index contributed by atoms with van der Waals surface area (Å²) >= 11 is 0. The zero-order chi connectivity index (χ0) is 20.6. The first kappa shape index (κ1) is 23.5. The average Bonchev–Trinajstić information content (AvgIpc) is 3.25. The van der Waals surface area contributed by atoms with Gasteiger partial charge >= 0.3 is 6.61 Å². The lowest BCUT2D eigenvalue weighted by atomic mass is 10.1. The van der Waals surface area contributed by atoms with Gasteiger partial charge in [-0.1, -0.05) is 29.8 Å². The molecule has 0 aliphatic heterocycles. The zero-order valence-corrected chi connectivity index (χ0v) is 18.9. The van der Waals surface area contributed by atoms with Crippen LogP contribution in [0.25, 0.3) is 5.69 Å². The number of guanidine groups is 1. The third-order valence-electron chi connectivity index (χ3n) is 4.18. The maximum atomic E-state index is 12.6. The van der Waals surface area contributed by atoms with Crippen molar-refractivity contribution in [3.63, 3.8) is 0 Å². The number of benzene rings is 2. The van der Waals surface area contributed by atoms with Crippen molar-refractivity contribution in [3.8, 4) is 11.4 Å². The Kier molecular flexibility index (Phi) is 8.96. The van der Waals surface area contributed by atoms with Gasteiger partial charge in [-0.25, -0.2) is 9.67 Å². The Hall–Kier alpha value is -2.76. The lowest BCUT2D eigenvalue weighted by Crippen LogP contribution is -2.36. The summed E-state index contributed by atoms with van der Waals surface area (Å²) in [5.41, 5.74) is 3.55. The largest absolute Gasteiger partial charge is 0.434 e. The molecule has 1 heterocycles. The summed E-state index contributed by atoms with van der Waals surface area (Å²) in [7, 11) is 1.65. The van der Waals surface area contributed by atoms with Crippen LogP contribution < -0.4 is 15.4 Å². The van der Waals surface area contributed by atoms with Crippen LogP contribution in [0.1, 0.15) is 16.7 Å². The fourth-order valence-electron chi connectivity index (χ4n) is 2.75. The van der Waals surface area contributed by atoms with E-state index in [1.807, 2.05) is 31.2 Å². The van der Waals surface area contributed by atoms with Crippen LogP contribution in [-0.4, -0.2) is 34.4 Å². The first-order valence-electron chi connectivity index (χ1n) is 8.98. The normalized spacial score (nSPS) is 11.2. The molecule has 160 valence electrons. The molecule has 7 nitrogen and oxygen atoms in total. The molecular weight excluding hydrogens is 505 g/mol. The lowest BCUT2D eigenvalue weighted by Gasteiger charge is -2.15. The predicted octanol–water partition coefficient (Wildman–Crippen LogP) is 3.66. The van der Waals surface area contributed by atoms with Gasteiger partial charge in [-0.15, -0.1) is 24.0 Å². The molecule has 30 heavy (non-hydrogen) atoms. The van der Waals surface area contributed by atoms with E-state index in [1.54, 1.807) is 36.3 Å². The number of nitrogens with one attached hydrogen (secondary N) is 2. The highest BCUT2D eigenvalue weighted by Crippen LogP contribution is 2.22. The molecule has 0 atom stereocenters. The number of hydrogen-bond donors (Lipinski definition) is 2. The topological polar surface area (TPSA) is 76.4 Å². The van der Waals surface area contributed by atoms with Gasteiger partial charge in [-0.3, -0.25) is 4.99 Å². The zero-order valence-electron chi connectivity index (χ0n) is 16.5. The van der Waals surface area contributed by atoms with Crippen LogP contribution in [-0.2, 0) is 13.1 Å². The Morgan fingerprint density at radius 2 is 1.87 bits per heavy atom. The summed E-state index contributed by atoms with van der Waals surface area (Å²) in [6.45, 7) is -0.124. The standard InChI is InChI=1S/C20H22F2N6O.HI/c1-14-3-8-18(29-19(21)22)16(9-14)11-26-20(23-2)25-10-15-4-6-17(7-5-15)28-13-24-12-27-28;/h3-9,12-13,19H,10-11H2,1-2H3,(H2,23,25,26);1H. The Balaban J connectivity index is 0.00000320. The highest BCUT2D eigenvalue weighted by molar-refractivity contribution is 14.0. The molecule has 0 bridgehead atoms. The third-order valence-corrected chi connectivity index (χ3v) is 4.18. The van der Waals surface area contributed by atoms with Crippen molar-refractivity contribution in [3.05, 3.63) is 71.8 Å². The SMILES string of the molecule is CN=C(NCc1ccc(-n2cncn2)cc1)NCc1cc(C)ccc1OC(F)F.I. The highest BCUT2D eigenvalue weighted by atomic mass is 127. The summed E-state index contributed by atoms with van der Waals surface area (Å²) in [4.78, 5) is 8.10. The second-order valence-electron chi connectivity index (χ2n) is 6.28. The molecule has 0 unspecified atom stereocenters. The van der Waals surface area contributed by atoms with Gasteiger partial charge < -0.3 is 15.4 Å². The van der Waals surface area contributed by atoms with Crippen molar-refractivity contribution in [1.82, 2.24) is 25.4 Å². The molecule has 0 saturated heterocycles. The number of ether oxygens (including phenoxy) is 1. The van der Waals surface area contributed by atoms with E-state index in [-0.39, 0.29) is 29.7 Å². The maximum Gasteiger partial charge on any atom is 0.387 e. The van der Waals surface area contributed by atoms with Crippen molar-refractivity contribution in [1.29, 1.82) is 0 Å². The van der Waals surface area contributed by atoms with Crippen molar-refractivity contribution in [2.24, 2.45) is 4.99 Å². The van der Waals surface area contributed by atoms with Crippen molar-refractivity contribution in [2.75, 3.05) is 7.05 Å². The van der Waals surface area contributed by atoms with E-state index >= 15 is 0 Å². The smallest absolute Gasteiger partial charge is 0.387 e. The van der Waals surface area contributed by atoms with Crippen molar-refractivity contribution < 1.29 is 13.5 Å². The van der Waals surface area contributed by atoms with E-state index in [0.29, 0.717) is 24.6 Å². The minimum absolute atomic E-state index is 0. The van der Waals surface area contributed by atoms with Crippen molar-refractivity contribution >= 4 is 29.9 Å². The molecule has 0 amide bonds. The maximum absolute atomic E-state index is 12.6. The summed E-state index contributed by atoms with van der Waals surface area (Å²) in [6.07, 6.45) is 3.12. The summed E-state index contributed by atoms with van der Waals surface area (Å²) < 4.78 is 31.5. The van der Waals surface area contributed by atoms with E-state index in [2.05, 4.69) is 30.4 Å². The van der Waals surface area contributed by atoms with Crippen molar-refractivity contribution in [2.45, 2.75) is 26.6 Å². The lowest BCUT2D eigenvalue weighted by molar-refractivity contribution is -0.0504. The summed E-state index contributed by atoms with van der Waals surface area (Å²) in [5, 5.41) is 10.4. The predicted molar refractivity (Wildman–Crippen MR) is 122 cm³/mol. The van der Waals surface area contributed by atoms with Gasteiger partial charge in [0.05, 0.1) is 5.69 Å². The molecule has 0 aliphatic rings. The highest BCUT2D eigenvalue weighted by Gasteiger charge is 2.10. The van der Waals surface area contributed by atoms with Gasteiger partial charge in [0.15, 0.2) is 5.96 Å². The minimum atomic E-state index is -2.87. The average molecular weight is 528 g/mol. The van der Waals surface area contributed by atoms with Gasteiger partial charge in [0, 0.05) is 25.7 Å². The van der Waals surface area contributed by atoms with E-state index in [4.69, 9.17) is 0 Å². The fourth-order valence-corrected chi connectivity index (χ4v) is 2.75. The number of alkyl halides is 2. The molecule has 10 heteroatoms. The molecule has 0 aliphatic carbocycles. The van der Waals surface area contributed by atoms with E-state index in [1.165, 1.54) is 6.33 Å². The number of nitrogens with zero attached hydrogens (tertiary/aromatic N) is 4. The first-order chi connectivity index (χ1) is 14.0. The van der Waals surface area contributed by atoms with Gasteiger partial charge in [-0.2, -0.15) is 13.9 Å². The minimum Gasteiger partial charge on any atom is -0.434 e. The van der Waals surface area contributed by atoms with Gasteiger partial charge in [0.25, 0.3) is 0 Å². The summed E-state index contributed by atoms with van der Waals surface area (Å²) in [6, 6.07) is 12.9. The molecule has 3 rings (SSSR count). The number of rotatable bonds is 7. The van der Waals surface area contributed by atoms with Gasteiger partial charge in [0.1, 0.15) is 18.4 Å². The molecular formula is C20H23F2IN6O. The van der Waals surface area contributed by atoms with Gasteiger partial charge in [0.2, 0.25) is 0 Å². The Morgan fingerprint density at radius 1 is 1.13 bits per heavy atom. The van der Waals surface area contributed by atoms with Crippen LogP contribution in [0.15, 0.2) is 60.1 Å². The number of aryl methyl sites for hydroxylation is 1. The van der Waals surface area contributed by atoms with Crippen LogP contribution in [0, 0.1) is 6.92 Å².